The van der Waals surface area contributed by atoms with E-state index in [4.69, 9.17) is 5.73 Å². The molecule has 5 nitrogen and oxygen atoms in total. The van der Waals surface area contributed by atoms with E-state index in [2.05, 4.69) is 10.6 Å². The third-order valence-corrected chi connectivity index (χ3v) is 3.17. The molecule has 0 radical (unpaired) electrons. The van der Waals surface area contributed by atoms with Crippen LogP contribution < -0.4 is 16.4 Å². The van der Waals surface area contributed by atoms with Gasteiger partial charge in [-0.05, 0) is 42.8 Å². The van der Waals surface area contributed by atoms with Gasteiger partial charge in [0.1, 0.15) is 0 Å². The minimum absolute atomic E-state index is 0.164. The number of rotatable bonds is 3. The van der Waals surface area contributed by atoms with Crippen molar-refractivity contribution in [1.29, 1.82) is 0 Å². The van der Waals surface area contributed by atoms with Crippen LogP contribution in [-0.2, 0) is 0 Å². The predicted octanol–water partition coefficient (Wildman–Crippen LogP) is 2.19. The number of hydrogen-bond donors (Lipinski definition) is 3. The summed E-state index contributed by atoms with van der Waals surface area (Å²) in [4.78, 5) is 23.7. The van der Waals surface area contributed by atoms with Crippen molar-refractivity contribution >= 4 is 23.2 Å². The zero-order chi connectivity index (χ0) is 15.4. The lowest BCUT2D eigenvalue weighted by atomic mass is 10.1. The van der Waals surface area contributed by atoms with Gasteiger partial charge in [0.15, 0.2) is 0 Å². The first kappa shape index (κ1) is 14.6. The van der Waals surface area contributed by atoms with Crippen molar-refractivity contribution in [1.82, 2.24) is 5.32 Å². The molecule has 0 atom stereocenters. The lowest BCUT2D eigenvalue weighted by Crippen LogP contribution is -2.18. The lowest BCUT2D eigenvalue weighted by Gasteiger charge is -2.11. The number of nitrogens with one attached hydrogen (secondary N) is 2. The van der Waals surface area contributed by atoms with E-state index >= 15 is 0 Å². The normalized spacial score (nSPS) is 10.0. The third-order valence-electron chi connectivity index (χ3n) is 3.17. The largest absolute Gasteiger partial charge is 0.398 e. The van der Waals surface area contributed by atoms with E-state index in [-0.39, 0.29) is 11.8 Å². The number of nitrogens with two attached hydrogens (primary N) is 1. The van der Waals surface area contributed by atoms with Crippen molar-refractivity contribution < 1.29 is 9.59 Å². The number of amides is 2. The van der Waals surface area contributed by atoms with Crippen LogP contribution in [0.1, 0.15) is 26.3 Å². The summed E-state index contributed by atoms with van der Waals surface area (Å²) < 4.78 is 0. The molecular weight excluding hydrogens is 266 g/mol. The summed E-state index contributed by atoms with van der Waals surface area (Å²) in [5.74, 6) is -0.438. The molecule has 2 aromatic rings. The second-order valence-electron chi connectivity index (χ2n) is 4.65. The van der Waals surface area contributed by atoms with E-state index in [1.165, 1.54) is 0 Å². The molecule has 5 heteroatoms. The second-order valence-corrected chi connectivity index (χ2v) is 4.65. The Morgan fingerprint density at radius 3 is 2.38 bits per heavy atom. The first-order valence-electron chi connectivity index (χ1n) is 6.51. The molecule has 0 spiro atoms. The van der Waals surface area contributed by atoms with Crippen LogP contribution in [0, 0.1) is 6.92 Å². The van der Waals surface area contributed by atoms with Gasteiger partial charge in [0.2, 0.25) is 0 Å². The standard InChI is InChI=1S/C16H17N3O2/c1-10-9-11(15(20)18-2)7-8-14(10)19-16(21)12-5-3-4-6-13(12)17/h3-9H,17H2,1-2H3,(H,18,20)(H,19,21). The third kappa shape index (κ3) is 3.20. The summed E-state index contributed by atoms with van der Waals surface area (Å²) >= 11 is 0. The maximum absolute atomic E-state index is 12.2. The number of hydrogen-bond acceptors (Lipinski definition) is 3. The molecule has 21 heavy (non-hydrogen) atoms. The molecule has 2 amide bonds. The Morgan fingerprint density at radius 2 is 1.76 bits per heavy atom. The minimum Gasteiger partial charge on any atom is -0.398 e. The Balaban J connectivity index is 2.22. The van der Waals surface area contributed by atoms with E-state index < -0.39 is 0 Å². The predicted molar refractivity (Wildman–Crippen MR) is 83.4 cm³/mol. The van der Waals surface area contributed by atoms with Crippen LogP contribution in [-0.4, -0.2) is 18.9 Å². The Kier molecular flexibility index (Phi) is 4.23. The summed E-state index contributed by atoms with van der Waals surface area (Å²) in [6.45, 7) is 1.83. The molecule has 0 aliphatic rings. The van der Waals surface area contributed by atoms with E-state index in [1.807, 2.05) is 6.92 Å². The number of carbonyl (C=O) groups excluding carboxylic acids is 2. The van der Waals surface area contributed by atoms with Gasteiger partial charge in [0, 0.05) is 24.0 Å². The van der Waals surface area contributed by atoms with Crippen LogP contribution in [0.2, 0.25) is 0 Å². The summed E-state index contributed by atoms with van der Waals surface area (Å²) in [6, 6.07) is 12.0. The van der Waals surface area contributed by atoms with Gasteiger partial charge >= 0.3 is 0 Å². The van der Waals surface area contributed by atoms with Gasteiger partial charge in [0.05, 0.1) is 5.56 Å². The molecule has 0 unspecified atom stereocenters. The number of aryl methyl sites for hydroxylation is 1. The second kappa shape index (κ2) is 6.09. The van der Waals surface area contributed by atoms with Gasteiger partial charge in [0.25, 0.3) is 11.8 Å². The molecular formula is C16H17N3O2. The summed E-state index contributed by atoms with van der Waals surface area (Å²) in [5, 5.41) is 5.36. The molecule has 2 aromatic carbocycles. The highest BCUT2D eigenvalue weighted by Crippen LogP contribution is 2.19. The van der Waals surface area contributed by atoms with Crippen molar-refractivity contribution in [2.24, 2.45) is 0 Å². The molecule has 0 heterocycles. The Labute approximate surface area is 123 Å². The molecule has 108 valence electrons. The van der Waals surface area contributed by atoms with Crippen LogP contribution in [0.5, 0.6) is 0 Å². The average molecular weight is 283 g/mol. The number of carbonyl (C=O) groups is 2. The topological polar surface area (TPSA) is 84.2 Å². The SMILES string of the molecule is CNC(=O)c1ccc(NC(=O)c2ccccc2N)c(C)c1. The molecule has 4 N–H and O–H groups in total. The van der Waals surface area contributed by atoms with Gasteiger partial charge in [-0.15, -0.1) is 0 Å². The lowest BCUT2D eigenvalue weighted by molar-refractivity contribution is 0.0962. The van der Waals surface area contributed by atoms with E-state index in [9.17, 15) is 9.59 Å². The smallest absolute Gasteiger partial charge is 0.257 e. The molecule has 0 saturated carbocycles. The van der Waals surface area contributed by atoms with Crippen molar-refractivity contribution in [3.8, 4) is 0 Å². The molecule has 2 rings (SSSR count). The van der Waals surface area contributed by atoms with Crippen LogP contribution >= 0.6 is 0 Å². The molecule has 0 saturated heterocycles. The molecule has 0 aliphatic heterocycles. The molecule has 0 fully saturated rings. The molecule has 0 aromatic heterocycles. The van der Waals surface area contributed by atoms with E-state index in [0.29, 0.717) is 22.5 Å². The van der Waals surface area contributed by atoms with Crippen molar-refractivity contribution in [3.05, 3.63) is 59.2 Å². The summed E-state index contributed by atoms with van der Waals surface area (Å²) in [6.07, 6.45) is 0. The Bertz CT molecular complexity index is 696. The van der Waals surface area contributed by atoms with Gasteiger partial charge < -0.3 is 16.4 Å². The highest BCUT2D eigenvalue weighted by molar-refractivity contribution is 6.08. The fourth-order valence-electron chi connectivity index (χ4n) is 1.98. The number of anilines is 2. The van der Waals surface area contributed by atoms with Crippen LogP contribution in [0.4, 0.5) is 11.4 Å². The van der Waals surface area contributed by atoms with Gasteiger partial charge in [-0.1, -0.05) is 12.1 Å². The van der Waals surface area contributed by atoms with Gasteiger partial charge in [-0.3, -0.25) is 9.59 Å². The first-order valence-corrected chi connectivity index (χ1v) is 6.51. The van der Waals surface area contributed by atoms with Crippen LogP contribution in [0.3, 0.4) is 0 Å². The minimum atomic E-state index is -0.274. The first-order chi connectivity index (χ1) is 10.0. The molecule has 0 bridgehead atoms. The zero-order valence-corrected chi connectivity index (χ0v) is 11.9. The number of nitrogen functional groups attached to an aromatic ring is 1. The van der Waals surface area contributed by atoms with E-state index in [1.54, 1.807) is 49.5 Å². The van der Waals surface area contributed by atoms with Gasteiger partial charge in [-0.2, -0.15) is 0 Å². The average Bonchev–Trinajstić information content (AvgIpc) is 2.48. The summed E-state index contributed by atoms with van der Waals surface area (Å²) in [7, 11) is 1.57. The van der Waals surface area contributed by atoms with Crippen LogP contribution in [0.25, 0.3) is 0 Å². The van der Waals surface area contributed by atoms with Crippen LogP contribution in [0.15, 0.2) is 42.5 Å². The fraction of sp³-hybridized carbons (Fsp3) is 0.125. The number of benzene rings is 2. The Hall–Kier alpha value is -2.82. The quantitative estimate of drug-likeness (QED) is 0.755. The van der Waals surface area contributed by atoms with Crippen molar-refractivity contribution in [2.75, 3.05) is 18.1 Å². The van der Waals surface area contributed by atoms with E-state index in [0.717, 1.165) is 5.56 Å². The fourth-order valence-corrected chi connectivity index (χ4v) is 1.98. The Morgan fingerprint density at radius 1 is 1.05 bits per heavy atom. The van der Waals surface area contributed by atoms with Crippen molar-refractivity contribution in [3.63, 3.8) is 0 Å². The number of para-hydroxylation sites is 1. The maximum Gasteiger partial charge on any atom is 0.257 e. The highest BCUT2D eigenvalue weighted by Gasteiger charge is 2.11. The van der Waals surface area contributed by atoms with Crippen molar-refractivity contribution in [2.45, 2.75) is 6.92 Å². The maximum atomic E-state index is 12.2. The summed E-state index contributed by atoms with van der Waals surface area (Å²) in [5.41, 5.74) is 8.63. The highest BCUT2D eigenvalue weighted by atomic mass is 16.2. The zero-order valence-electron chi connectivity index (χ0n) is 11.9. The monoisotopic (exact) mass is 283 g/mol. The van der Waals surface area contributed by atoms with Gasteiger partial charge in [-0.25, -0.2) is 0 Å². The molecule has 0 aliphatic carbocycles.